The highest BCUT2D eigenvalue weighted by Gasteiger charge is 2.41. The van der Waals surface area contributed by atoms with Crippen molar-refractivity contribution in [1.29, 1.82) is 0 Å². The Morgan fingerprint density at radius 3 is 2.59 bits per heavy atom. The minimum Gasteiger partial charge on any atom is -0.384 e. The predicted molar refractivity (Wildman–Crippen MR) is 120 cm³/mol. The molecule has 4 rings (SSSR count). The number of alkyl halides is 3. The molecule has 0 atom stereocenters. The molecule has 1 saturated carbocycles. The van der Waals surface area contributed by atoms with Gasteiger partial charge in [-0.15, -0.1) is 0 Å². The highest BCUT2D eigenvalue weighted by atomic mass is 32.1. The Labute approximate surface area is 198 Å². The number of anilines is 1. The third-order valence-electron chi connectivity index (χ3n) is 6.42. The lowest BCUT2D eigenvalue weighted by molar-refractivity contribution is -0.137. The lowest BCUT2D eigenvalue weighted by Crippen LogP contribution is -2.63. The van der Waals surface area contributed by atoms with E-state index in [1.807, 2.05) is 0 Å². The molecule has 12 heteroatoms. The van der Waals surface area contributed by atoms with Gasteiger partial charge in [0, 0.05) is 30.9 Å². The van der Waals surface area contributed by atoms with Gasteiger partial charge in [0.25, 0.3) is 5.91 Å². The first-order chi connectivity index (χ1) is 16.0. The van der Waals surface area contributed by atoms with Crippen molar-refractivity contribution in [2.45, 2.75) is 49.5 Å². The molecule has 2 aliphatic rings. The van der Waals surface area contributed by atoms with E-state index in [-0.39, 0.29) is 18.2 Å². The van der Waals surface area contributed by atoms with Gasteiger partial charge >= 0.3 is 6.18 Å². The highest BCUT2D eigenvalue weighted by Crippen LogP contribution is 2.41. The van der Waals surface area contributed by atoms with Crippen LogP contribution in [0, 0.1) is 0 Å². The molecule has 2 aromatic rings. The summed E-state index contributed by atoms with van der Waals surface area (Å²) < 4.78 is 38.4. The van der Waals surface area contributed by atoms with Crippen LogP contribution in [0.4, 0.5) is 18.3 Å². The Morgan fingerprint density at radius 2 is 1.97 bits per heavy atom. The number of hydrogen-bond acceptors (Lipinski definition) is 7. The van der Waals surface area contributed by atoms with Gasteiger partial charge in [-0.05, 0) is 43.9 Å². The van der Waals surface area contributed by atoms with Gasteiger partial charge in [0.05, 0.1) is 23.0 Å². The van der Waals surface area contributed by atoms with Crippen LogP contribution in [-0.4, -0.2) is 58.5 Å². The van der Waals surface area contributed by atoms with Crippen LogP contribution in [0.15, 0.2) is 30.5 Å². The molecule has 0 radical (unpaired) electrons. The highest BCUT2D eigenvalue weighted by molar-refractivity contribution is 7.15. The molecule has 8 nitrogen and oxygen atoms in total. The van der Waals surface area contributed by atoms with Crippen molar-refractivity contribution in [2.75, 3.05) is 25.4 Å². The fourth-order valence-corrected chi connectivity index (χ4v) is 5.30. The molecule has 0 bridgehead atoms. The number of carbonyl (C=O) groups excluding carboxylic acids is 2. The van der Waals surface area contributed by atoms with Crippen LogP contribution in [-0.2, 0) is 16.6 Å². The molecule has 2 amide bonds. The summed E-state index contributed by atoms with van der Waals surface area (Å²) in [5.74, 6) is -1.14. The van der Waals surface area contributed by atoms with Crippen molar-refractivity contribution >= 4 is 28.3 Å². The quantitative estimate of drug-likeness (QED) is 0.485. The summed E-state index contributed by atoms with van der Waals surface area (Å²) in [6, 6.07) is 4.32. The monoisotopic (exact) mass is 497 g/mol. The first kappa shape index (κ1) is 24.4. The topological polar surface area (TPSA) is 121 Å². The Balaban J connectivity index is 1.17. The Morgan fingerprint density at radius 1 is 1.26 bits per heavy atom. The number of nitrogens with one attached hydrogen (secondary N) is 2. The number of nitrogens with two attached hydrogens (primary N) is 1. The van der Waals surface area contributed by atoms with Crippen molar-refractivity contribution in [2.24, 2.45) is 0 Å². The van der Waals surface area contributed by atoms with E-state index in [4.69, 9.17) is 5.73 Å². The van der Waals surface area contributed by atoms with Crippen molar-refractivity contribution in [1.82, 2.24) is 20.5 Å². The number of carbonyl (C=O) groups is 2. The van der Waals surface area contributed by atoms with E-state index in [1.54, 1.807) is 6.20 Å². The zero-order chi connectivity index (χ0) is 24.5. The molecule has 1 saturated heterocycles. The summed E-state index contributed by atoms with van der Waals surface area (Å²) in [5, 5.41) is 16.5. The SMILES string of the molecule is Nc1ncc([C@]2(O)CC[C@H](N3CC(NC(=O)CNC(=O)c4cccc(C(F)(F)F)c4)C3)CC2)s1. The lowest BCUT2D eigenvalue weighted by Gasteiger charge is -2.48. The number of benzene rings is 1. The van der Waals surface area contributed by atoms with Crippen LogP contribution in [0.2, 0.25) is 0 Å². The van der Waals surface area contributed by atoms with Crippen molar-refractivity contribution in [3.63, 3.8) is 0 Å². The average molecular weight is 498 g/mol. The zero-order valence-corrected chi connectivity index (χ0v) is 19.1. The van der Waals surface area contributed by atoms with Crippen molar-refractivity contribution in [3.8, 4) is 0 Å². The van der Waals surface area contributed by atoms with Gasteiger partial charge in [-0.3, -0.25) is 14.5 Å². The maximum atomic E-state index is 12.8. The second kappa shape index (κ2) is 9.51. The van der Waals surface area contributed by atoms with Crippen molar-refractivity contribution in [3.05, 3.63) is 46.5 Å². The van der Waals surface area contributed by atoms with E-state index in [2.05, 4.69) is 20.5 Å². The van der Waals surface area contributed by atoms with Crippen LogP contribution in [0.3, 0.4) is 0 Å². The summed E-state index contributed by atoms with van der Waals surface area (Å²) in [5.41, 5.74) is 3.72. The normalized spacial score (nSPS) is 23.8. The van der Waals surface area contributed by atoms with Gasteiger partial charge in [-0.1, -0.05) is 17.4 Å². The van der Waals surface area contributed by atoms with E-state index in [9.17, 15) is 27.9 Å². The summed E-state index contributed by atoms with van der Waals surface area (Å²) in [6.07, 6.45) is -0.0237. The molecule has 5 N–H and O–H groups in total. The number of rotatable bonds is 6. The van der Waals surface area contributed by atoms with E-state index in [0.29, 0.717) is 37.1 Å². The molecule has 34 heavy (non-hydrogen) atoms. The number of amides is 2. The maximum absolute atomic E-state index is 12.8. The third kappa shape index (κ3) is 5.50. The minimum atomic E-state index is -4.55. The van der Waals surface area contributed by atoms with Gasteiger partial charge in [0.2, 0.25) is 5.91 Å². The number of aliphatic hydroxyl groups is 1. The van der Waals surface area contributed by atoms with E-state index >= 15 is 0 Å². The first-order valence-corrected chi connectivity index (χ1v) is 11.8. The van der Waals surface area contributed by atoms with Gasteiger partial charge in [-0.2, -0.15) is 13.2 Å². The Kier molecular flexibility index (Phi) is 6.83. The molecule has 2 heterocycles. The minimum absolute atomic E-state index is 0.0555. The number of thiazole rings is 1. The molecule has 1 aromatic heterocycles. The van der Waals surface area contributed by atoms with E-state index in [0.717, 1.165) is 35.9 Å². The maximum Gasteiger partial charge on any atom is 0.416 e. The molecule has 1 aliphatic heterocycles. The molecule has 184 valence electrons. The van der Waals surface area contributed by atoms with Crippen LogP contribution in [0.5, 0.6) is 0 Å². The molecule has 1 aromatic carbocycles. The lowest BCUT2D eigenvalue weighted by atomic mass is 9.80. The zero-order valence-electron chi connectivity index (χ0n) is 18.3. The second-order valence-corrected chi connectivity index (χ2v) is 9.87. The number of likely N-dealkylation sites (tertiary alicyclic amines) is 1. The van der Waals surface area contributed by atoms with E-state index < -0.39 is 29.2 Å². The summed E-state index contributed by atoms with van der Waals surface area (Å²) in [4.78, 5) is 31.4. The number of aromatic nitrogens is 1. The van der Waals surface area contributed by atoms with Gasteiger partial charge in [0.1, 0.15) is 5.60 Å². The number of nitrogen functional groups attached to an aromatic ring is 1. The Hall–Kier alpha value is -2.70. The average Bonchev–Trinajstić information content (AvgIpc) is 3.22. The molecule has 2 fully saturated rings. The molecular weight excluding hydrogens is 471 g/mol. The number of hydrogen-bond donors (Lipinski definition) is 4. The molecule has 0 unspecified atom stereocenters. The molecule has 1 aliphatic carbocycles. The van der Waals surface area contributed by atoms with Crippen molar-refractivity contribution < 1.29 is 27.9 Å². The fraction of sp³-hybridized carbons (Fsp3) is 0.500. The number of nitrogens with zero attached hydrogens (tertiary/aromatic N) is 2. The second-order valence-electron chi connectivity index (χ2n) is 8.81. The summed E-state index contributed by atoms with van der Waals surface area (Å²) in [6.45, 7) is 1.02. The van der Waals surface area contributed by atoms with E-state index in [1.165, 1.54) is 17.4 Å². The Bertz CT molecular complexity index is 1050. The van der Waals surface area contributed by atoms with Crippen LogP contribution < -0.4 is 16.4 Å². The largest absolute Gasteiger partial charge is 0.416 e. The third-order valence-corrected chi connectivity index (χ3v) is 7.44. The number of halogens is 3. The van der Waals surface area contributed by atoms with Gasteiger partial charge < -0.3 is 21.5 Å². The molecular formula is C22H26F3N5O3S. The van der Waals surface area contributed by atoms with Gasteiger partial charge in [0.15, 0.2) is 5.13 Å². The smallest absolute Gasteiger partial charge is 0.384 e. The van der Waals surface area contributed by atoms with Crippen LogP contribution in [0.25, 0.3) is 0 Å². The van der Waals surface area contributed by atoms with Crippen LogP contribution in [0.1, 0.15) is 46.5 Å². The van der Waals surface area contributed by atoms with Gasteiger partial charge in [-0.25, -0.2) is 4.98 Å². The standard InChI is InChI=1S/C22H26F3N5O3S/c23-22(24,25)14-3-1-2-13(8-14)19(32)27-10-18(31)29-15-11-30(12-15)16-4-6-21(33,7-5-16)17-9-28-20(26)34-17/h1-3,8-9,15-16,33H,4-7,10-12H2,(H2,26,28)(H,27,32)(H,29,31)/t16-,21-. The first-order valence-electron chi connectivity index (χ1n) is 11.0. The fourth-order valence-electron chi connectivity index (χ4n) is 4.47. The molecule has 0 spiro atoms. The van der Waals surface area contributed by atoms with Crippen LogP contribution >= 0.6 is 11.3 Å². The summed E-state index contributed by atoms with van der Waals surface area (Å²) >= 11 is 1.31. The summed E-state index contributed by atoms with van der Waals surface area (Å²) in [7, 11) is 0. The predicted octanol–water partition coefficient (Wildman–Crippen LogP) is 2.10.